The van der Waals surface area contributed by atoms with Gasteiger partial charge >= 0.3 is 6.36 Å². The molecule has 166 valence electrons. The fourth-order valence-corrected chi connectivity index (χ4v) is 3.96. The first-order valence-corrected chi connectivity index (χ1v) is 9.63. The van der Waals surface area contributed by atoms with Crippen LogP contribution in [0.4, 0.5) is 13.2 Å². The Morgan fingerprint density at radius 1 is 1.35 bits per heavy atom. The van der Waals surface area contributed by atoms with Gasteiger partial charge in [-0.15, -0.1) is 13.2 Å². The molecule has 0 spiro atoms. The normalized spacial score (nSPS) is 16.9. The van der Waals surface area contributed by atoms with Crippen molar-refractivity contribution in [1.29, 1.82) is 0 Å². The summed E-state index contributed by atoms with van der Waals surface area (Å²) in [5.74, 6) is -1.43. The zero-order valence-electron chi connectivity index (χ0n) is 16.9. The van der Waals surface area contributed by atoms with E-state index in [1.165, 1.54) is 37.4 Å². The van der Waals surface area contributed by atoms with Crippen molar-refractivity contribution >= 4 is 11.8 Å². The van der Waals surface area contributed by atoms with Crippen molar-refractivity contribution in [2.45, 2.75) is 45.1 Å². The molecule has 0 saturated carbocycles. The molecule has 3 rings (SSSR count). The number of aromatic nitrogens is 1. The van der Waals surface area contributed by atoms with Gasteiger partial charge in [0.05, 0.1) is 12.1 Å². The highest BCUT2D eigenvalue weighted by atomic mass is 19.4. The number of hydrogen-bond donors (Lipinski definition) is 2. The summed E-state index contributed by atoms with van der Waals surface area (Å²) in [5.41, 5.74) is 7.01. The van der Waals surface area contributed by atoms with E-state index in [1.54, 1.807) is 11.8 Å². The van der Waals surface area contributed by atoms with E-state index in [9.17, 15) is 27.9 Å². The SMILES string of the molecule is Cc1cc(C(C)N2C(=O)c3ccnc(C(N)=O)c3C2CCCO)ccc1OC(F)(F)F. The summed E-state index contributed by atoms with van der Waals surface area (Å²) < 4.78 is 41.7. The number of nitrogens with two attached hydrogens (primary N) is 1. The summed E-state index contributed by atoms with van der Waals surface area (Å²) in [5, 5.41) is 9.30. The summed E-state index contributed by atoms with van der Waals surface area (Å²) in [6.45, 7) is 3.11. The van der Waals surface area contributed by atoms with Crippen LogP contribution in [-0.2, 0) is 0 Å². The van der Waals surface area contributed by atoms with Crippen LogP contribution >= 0.6 is 0 Å². The smallest absolute Gasteiger partial charge is 0.406 e. The molecule has 0 saturated heterocycles. The molecule has 1 aromatic carbocycles. The van der Waals surface area contributed by atoms with Gasteiger partial charge in [0.2, 0.25) is 0 Å². The molecule has 1 aromatic heterocycles. The average Bonchev–Trinajstić information content (AvgIpc) is 2.98. The van der Waals surface area contributed by atoms with Gasteiger partial charge in [-0.25, -0.2) is 0 Å². The lowest BCUT2D eigenvalue weighted by molar-refractivity contribution is -0.274. The lowest BCUT2D eigenvalue weighted by atomic mass is 9.97. The van der Waals surface area contributed by atoms with Gasteiger partial charge in [-0.3, -0.25) is 14.6 Å². The van der Waals surface area contributed by atoms with Crippen LogP contribution < -0.4 is 10.5 Å². The minimum absolute atomic E-state index is 0.00593. The second kappa shape index (κ2) is 8.54. The quantitative estimate of drug-likeness (QED) is 0.691. The predicted molar refractivity (Wildman–Crippen MR) is 104 cm³/mol. The highest BCUT2D eigenvalue weighted by molar-refractivity contribution is 6.03. The maximum Gasteiger partial charge on any atom is 0.573 e. The fraction of sp³-hybridized carbons (Fsp3) is 0.381. The highest BCUT2D eigenvalue weighted by Crippen LogP contribution is 2.43. The molecule has 0 aliphatic carbocycles. The molecule has 2 aromatic rings. The van der Waals surface area contributed by atoms with Crippen LogP contribution in [0.25, 0.3) is 0 Å². The van der Waals surface area contributed by atoms with Crippen molar-refractivity contribution in [2.75, 3.05) is 6.61 Å². The van der Waals surface area contributed by atoms with Crippen molar-refractivity contribution in [3.8, 4) is 5.75 Å². The van der Waals surface area contributed by atoms with E-state index in [-0.39, 0.29) is 29.5 Å². The van der Waals surface area contributed by atoms with E-state index in [4.69, 9.17) is 5.73 Å². The van der Waals surface area contributed by atoms with Crippen molar-refractivity contribution in [2.24, 2.45) is 5.73 Å². The molecular weight excluding hydrogens is 415 g/mol. The number of carbonyl (C=O) groups is 2. The van der Waals surface area contributed by atoms with E-state index in [1.807, 2.05) is 0 Å². The highest BCUT2D eigenvalue weighted by Gasteiger charge is 2.42. The summed E-state index contributed by atoms with van der Waals surface area (Å²) in [4.78, 5) is 30.7. The zero-order valence-corrected chi connectivity index (χ0v) is 16.9. The molecule has 7 nitrogen and oxygen atoms in total. The number of pyridine rings is 1. The number of rotatable bonds is 7. The Hall–Kier alpha value is -3.14. The molecule has 2 amide bonds. The summed E-state index contributed by atoms with van der Waals surface area (Å²) in [6.07, 6.45) is -2.75. The third-order valence-electron chi connectivity index (χ3n) is 5.32. The van der Waals surface area contributed by atoms with Gasteiger partial charge in [0.15, 0.2) is 0 Å². The van der Waals surface area contributed by atoms with E-state index in [2.05, 4.69) is 9.72 Å². The first kappa shape index (κ1) is 22.5. The number of fused-ring (bicyclic) bond motifs is 1. The Morgan fingerprint density at radius 2 is 2.06 bits per heavy atom. The summed E-state index contributed by atoms with van der Waals surface area (Å²) in [7, 11) is 0. The second-order valence-corrected chi connectivity index (χ2v) is 7.33. The van der Waals surface area contributed by atoms with Crippen molar-refractivity contribution in [3.05, 3.63) is 58.4 Å². The molecule has 1 aliphatic rings. The maximum absolute atomic E-state index is 13.2. The number of ether oxygens (including phenoxy) is 1. The van der Waals surface area contributed by atoms with Crippen LogP contribution in [0.1, 0.15) is 69.4 Å². The van der Waals surface area contributed by atoms with E-state index >= 15 is 0 Å². The number of carbonyl (C=O) groups excluding carboxylic acids is 2. The summed E-state index contributed by atoms with van der Waals surface area (Å²) >= 11 is 0. The molecule has 10 heteroatoms. The number of amides is 2. The molecule has 0 radical (unpaired) electrons. The summed E-state index contributed by atoms with van der Waals surface area (Å²) in [6, 6.07) is 4.61. The number of aryl methyl sites for hydroxylation is 1. The molecule has 0 bridgehead atoms. The molecule has 2 heterocycles. The van der Waals surface area contributed by atoms with Crippen LogP contribution in [-0.4, -0.2) is 39.8 Å². The van der Waals surface area contributed by atoms with Crippen LogP contribution in [0, 0.1) is 6.92 Å². The first-order valence-electron chi connectivity index (χ1n) is 9.63. The van der Waals surface area contributed by atoms with Gasteiger partial charge in [0, 0.05) is 23.9 Å². The number of primary amides is 1. The van der Waals surface area contributed by atoms with Gasteiger partial charge < -0.3 is 20.5 Å². The number of alkyl halides is 3. The number of hydrogen-bond acceptors (Lipinski definition) is 5. The standard InChI is InChI=1S/C21H22F3N3O4/c1-11-10-13(5-6-16(11)31-21(22,23)24)12(2)27-15(4-3-9-28)17-14(20(27)30)7-8-26-18(17)19(25)29/h5-8,10,12,15,28H,3-4,9H2,1-2H3,(H2,25,29). The van der Waals surface area contributed by atoms with Crippen molar-refractivity contribution in [1.82, 2.24) is 9.88 Å². The minimum Gasteiger partial charge on any atom is -0.406 e. The average molecular weight is 437 g/mol. The Labute approximate surface area is 176 Å². The van der Waals surface area contributed by atoms with Crippen LogP contribution in [0.2, 0.25) is 0 Å². The third-order valence-corrected chi connectivity index (χ3v) is 5.32. The monoisotopic (exact) mass is 437 g/mol. The van der Waals surface area contributed by atoms with E-state index in [0.29, 0.717) is 29.5 Å². The molecular formula is C21H22F3N3O4. The van der Waals surface area contributed by atoms with E-state index in [0.717, 1.165) is 0 Å². The van der Waals surface area contributed by atoms with Crippen LogP contribution in [0.3, 0.4) is 0 Å². The van der Waals surface area contributed by atoms with Crippen molar-refractivity contribution in [3.63, 3.8) is 0 Å². The molecule has 1 aliphatic heterocycles. The van der Waals surface area contributed by atoms with Crippen LogP contribution in [0.15, 0.2) is 30.5 Å². The molecule has 31 heavy (non-hydrogen) atoms. The van der Waals surface area contributed by atoms with Gasteiger partial charge in [-0.1, -0.05) is 12.1 Å². The second-order valence-electron chi connectivity index (χ2n) is 7.33. The largest absolute Gasteiger partial charge is 0.573 e. The van der Waals surface area contributed by atoms with Gasteiger partial charge in [-0.2, -0.15) is 0 Å². The molecule has 0 fully saturated rings. The number of aliphatic hydroxyl groups excluding tert-OH is 1. The fourth-order valence-electron chi connectivity index (χ4n) is 3.96. The Bertz CT molecular complexity index is 1010. The molecule has 2 atom stereocenters. The Kier molecular flexibility index (Phi) is 6.21. The Morgan fingerprint density at radius 3 is 2.65 bits per heavy atom. The third kappa shape index (κ3) is 4.48. The predicted octanol–water partition coefficient (Wildman–Crippen LogP) is 3.42. The van der Waals surface area contributed by atoms with E-state index < -0.39 is 24.4 Å². The number of nitrogens with zero attached hydrogens (tertiary/aromatic N) is 2. The van der Waals surface area contributed by atoms with Gasteiger partial charge in [0.1, 0.15) is 11.4 Å². The topological polar surface area (TPSA) is 106 Å². The minimum atomic E-state index is -4.81. The van der Waals surface area contributed by atoms with Crippen molar-refractivity contribution < 1.29 is 32.6 Å². The lowest BCUT2D eigenvalue weighted by Gasteiger charge is -2.32. The van der Waals surface area contributed by atoms with Gasteiger partial charge in [-0.05, 0) is 49.9 Å². The number of benzene rings is 1. The number of aliphatic hydroxyl groups is 1. The number of halogens is 3. The first-order chi connectivity index (χ1) is 14.5. The lowest BCUT2D eigenvalue weighted by Crippen LogP contribution is -2.31. The molecule has 2 unspecified atom stereocenters. The maximum atomic E-state index is 13.2. The van der Waals surface area contributed by atoms with Gasteiger partial charge in [0.25, 0.3) is 11.8 Å². The molecule has 3 N–H and O–H groups in total. The zero-order chi connectivity index (χ0) is 22.9. The Balaban J connectivity index is 2.00. The van der Waals surface area contributed by atoms with Crippen LogP contribution in [0.5, 0.6) is 5.75 Å².